The van der Waals surface area contributed by atoms with E-state index in [2.05, 4.69) is 24.0 Å². The van der Waals surface area contributed by atoms with Crippen LogP contribution >= 0.6 is 0 Å². The smallest absolute Gasteiger partial charge is 0.127 e. The summed E-state index contributed by atoms with van der Waals surface area (Å²) in [6.07, 6.45) is 2.69. The van der Waals surface area contributed by atoms with E-state index in [1.807, 2.05) is 25.3 Å². The number of fused-ring (bicyclic) bond motifs is 1. The lowest BCUT2D eigenvalue weighted by atomic mass is 10.0. The van der Waals surface area contributed by atoms with Gasteiger partial charge in [-0.05, 0) is 31.4 Å². The zero-order valence-corrected chi connectivity index (χ0v) is 13.8. The molecule has 0 bridgehead atoms. The summed E-state index contributed by atoms with van der Waals surface area (Å²) in [5, 5.41) is 18.4. The van der Waals surface area contributed by atoms with E-state index >= 15 is 0 Å². The second kappa shape index (κ2) is 5.91. The molecule has 3 rings (SSSR count). The molecule has 0 amide bonds. The molecule has 0 aliphatic carbocycles. The summed E-state index contributed by atoms with van der Waals surface area (Å²) >= 11 is 0. The van der Waals surface area contributed by atoms with Crippen LogP contribution in [0.25, 0.3) is 22.2 Å². The maximum atomic E-state index is 10.4. The molecule has 0 spiro atoms. The first-order chi connectivity index (χ1) is 11.0. The minimum absolute atomic E-state index is 0.215. The summed E-state index contributed by atoms with van der Waals surface area (Å²) < 4.78 is 5.36. The van der Waals surface area contributed by atoms with Crippen LogP contribution in [0.1, 0.15) is 25.1 Å². The van der Waals surface area contributed by atoms with E-state index in [-0.39, 0.29) is 5.75 Å². The number of pyridine rings is 1. The number of methoxy groups -OCH3 is 1. The molecule has 0 aliphatic rings. The number of H-pyrrole nitrogens is 1. The van der Waals surface area contributed by atoms with Gasteiger partial charge in [-0.2, -0.15) is 5.10 Å². The van der Waals surface area contributed by atoms with Crippen LogP contribution in [0.15, 0.2) is 24.4 Å². The van der Waals surface area contributed by atoms with Gasteiger partial charge in [-0.3, -0.25) is 5.10 Å². The molecule has 0 saturated carbocycles. The molecule has 23 heavy (non-hydrogen) atoms. The number of nitrogens with one attached hydrogen (secondary N) is 1. The van der Waals surface area contributed by atoms with E-state index in [0.29, 0.717) is 5.92 Å². The standard InChI is InChI=1S/C18H21N3O2/c1-10(2)7-15-13(9-19-21-15)14-8-16(22)12-5-6-17(23-4)11(3)18(12)20-14/h5-6,8-10H,7H2,1-4H3,(H,19,21)(H,20,22). The number of aromatic nitrogens is 3. The van der Waals surface area contributed by atoms with E-state index in [1.165, 1.54) is 0 Å². The van der Waals surface area contributed by atoms with Crippen LogP contribution in [0.4, 0.5) is 0 Å². The van der Waals surface area contributed by atoms with Crippen molar-refractivity contribution in [3.8, 4) is 22.8 Å². The predicted octanol–water partition coefficient (Wildman–Crippen LogP) is 3.85. The number of ether oxygens (including phenoxy) is 1. The first kappa shape index (κ1) is 15.3. The fourth-order valence-electron chi connectivity index (χ4n) is 2.83. The highest BCUT2D eigenvalue weighted by molar-refractivity contribution is 5.91. The Bertz CT molecular complexity index is 853. The zero-order valence-electron chi connectivity index (χ0n) is 13.8. The number of aryl methyl sites for hydroxylation is 1. The fraction of sp³-hybridized carbons (Fsp3) is 0.333. The first-order valence-electron chi connectivity index (χ1n) is 7.71. The molecular formula is C18H21N3O2. The van der Waals surface area contributed by atoms with E-state index < -0.39 is 0 Å². The van der Waals surface area contributed by atoms with Gasteiger partial charge in [0.05, 0.1) is 24.0 Å². The van der Waals surface area contributed by atoms with E-state index in [4.69, 9.17) is 9.72 Å². The number of aromatic amines is 1. The van der Waals surface area contributed by atoms with Crippen LogP contribution in [0.2, 0.25) is 0 Å². The summed E-state index contributed by atoms with van der Waals surface area (Å²) in [5.74, 6) is 1.47. The molecule has 1 aromatic carbocycles. The van der Waals surface area contributed by atoms with Crippen LogP contribution < -0.4 is 4.74 Å². The van der Waals surface area contributed by atoms with Gasteiger partial charge < -0.3 is 9.84 Å². The molecule has 120 valence electrons. The molecule has 0 saturated heterocycles. The minimum Gasteiger partial charge on any atom is -0.507 e. The van der Waals surface area contributed by atoms with Gasteiger partial charge in [-0.15, -0.1) is 0 Å². The molecule has 0 unspecified atom stereocenters. The van der Waals surface area contributed by atoms with Gasteiger partial charge in [-0.25, -0.2) is 4.98 Å². The second-order valence-electron chi connectivity index (χ2n) is 6.16. The van der Waals surface area contributed by atoms with Crippen molar-refractivity contribution in [1.82, 2.24) is 15.2 Å². The zero-order chi connectivity index (χ0) is 16.6. The maximum Gasteiger partial charge on any atom is 0.127 e. The van der Waals surface area contributed by atoms with Crippen LogP contribution in [-0.2, 0) is 6.42 Å². The molecule has 0 fully saturated rings. The van der Waals surface area contributed by atoms with Crippen molar-refractivity contribution in [2.45, 2.75) is 27.2 Å². The Hall–Kier alpha value is -2.56. The van der Waals surface area contributed by atoms with Gasteiger partial charge in [-0.1, -0.05) is 13.8 Å². The molecule has 0 atom stereocenters. The lowest BCUT2D eigenvalue weighted by molar-refractivity contribution is 0.412. The number of hydrogen-bond donors (Lipinski definition) is 2. The van der Waals surface area contributed by atoms with Crippen molar-refractivity contribution in [3.05, 3.63) is 35.7 Å². The molecule has 0 aliphatic heterocycles. The van der Waals surface area contributed by atoms with Crippen molar-refractivity contribution in [3.63, 3.8) is 0 Å². The van der Waals surface area contributed by atoms with Gasteiger partial charge in [0.25, 0.3) is 0 Å². The minimum atomic E-state index is 0.215. The predicted molar refractivity (Wildman–Crippen MR) is 90.8 cm³/mol. The number of nitrogens with zero attached hydrogens (tertiary/aromatic N) is 2. The Labute approximate surface area is 135 Å². The van der Waals surface area contributed by atoms with Crippen LogP contribution in [0.3, 0.4) is 0 Å². The van der Waals surface area contributed by atoms with Gasteiger partial charge in [0.1, 0.15) is 11.5 Å². The highest BCUT2D eigenvalue weighted by Crippen LogP contribution is 2.35. The fourth-order valence-corrected chi connectivity index (χ4v) is 2.83. The molecule has 2 heterocycles. The molecular weight excluding hydrogens is 290 g/mol. The quantitative estimate of drug-likeness (QED) is 0.768. The third kappa shape index (κ3) is 2.74. The van der Waals surface area contributed by atoms with Crippen LogP contribution in [-0.4, -0.2) is 27.4 Å². The largest absolute Gasteiger partial charge is 0.507 e. The van der Waals surface area contributed by atoms with Gasteiger partial charge in [0.15, 0.2) is 0 Å². The van der Waals surface area contributed by atoms with E-state index in [9.17, 15) is 5.11 Å². The van der Waals surface area contributed by atoms with Crippen LogP contribution in [0, 0.1) is 12.8 Å². The summed E-state index contributed by atoms with van der Waals surface area (Å²) in [6, 6.07) is 5.38. The first-order valence-corrected chi connectivity index (χ1v) is 7.71. The Kier molecular flexibility index (Phi) is 3.94. The molecule has 5 heteroatoms. The summed E-state index contributed by atoms with van der Waals surface area (Å²) in [4.78, 5) is 4.75. The highest BCUT2D eigenvalue weighted by Gasteiger charge is 2.15. The number of aromatic hydroxyl groups is 1. The Balaban J connectivity index is 2.20. The molecule has 2 N–H and O–H groups in total. The third-order valence-corrected chi connectivity index (χ3v) is 3.98. The summed E-state index contributed by atoms with van der Waals surface area (Å²) in [7, 11) is 1.63. The lowest BCUT2D eigenvalue weighted by Gasteiger charge is -2.11. The van der Waals surface area contributed by atoms with Crippen molar-refractivity contribution >= 4 is 10.9 Å². The number of rotatable bonds is 4. The van der Waals surface area contributed by atoms with Crippen molar-refractivity contribution in [1.29, 1.82) is 0 Å². The third-order valence-electron chi connectivity index (χ3n) is 3.98. The summed E-state index contributed by atoms with van der Waals surface area (Å²) in [5.41, 5.74) is 4.27. The van der Waals surface area contributed by atoms with E-state index in [0.717, 1.165) is 45.6 Å². The van der Waals surface area contributed by atoms with E-state index in [1.54, 1.807) is 13.2 Å². The SMILES string of the molecule is COc1ccc2c(O)cc(-c3c[nH]nc3CC(C)C)nc2c1C. The second-order valence-corrected chi connectivity index (χ2v) is 6.16. The Morgan fingerprint density at radius 2 is 2.09 bits per heavy atom. The Morgan fingerprint density at radius 3 is 2.78 bits per heavy atom. The molecule has 3 aromatic rings. The van der Waals surface area contributed by atoms with Gasteiger partial charge in [0.2, 0.25) is 0 Å². The molecule has 5 nitrogen and oxygen atoms in total. The van der Waals surface area contributed by atoms with Gasteiger partial charge >= 0.3 is 0 Å². The normalized spacial score (nSPS) is 11.3. The van der Waals surface area contributed by atoms with Crippen molar-refractivity contribution in [2.75, 3.05) is 7.11 Å². The Morgan fingerprint density at radius 1 is 1.30 bits per heavy atom. The maximum absolute atomic E-state index is 10.4. The summed E-state index contributed by atoms with van der Waals surface area (Å²) in [6.45, 7) is 6.25. The topological polar surface area (TPSA) is 71.0 Å². The highest BCUT2D eigenvalue weighted by atomic mass is 16.5. The average Bonchev–Trinajstić information content (AvgIpc) is 2.95. The average molecular weight is 311 g/mol. The number of benzene rings is 1. The van der Waals surface area contributed by atoms with Crippen molar-refractivity contribution in [2.24, 2.45) is 5.92 Å². The van der Waals surface area contributed by atoms with Crippen molar-refractivity contribution < 1.29 is 9.84 Å². The van der Waals surface area contributed by atoms with Crippen LogP contribution in [0.5, 0.6) is 11.5 Å². The number of hydrogen-bond acceptors (Lipinski definition) is 4. The molecule has 0 radical (unpaired) electrons. The van der Waals surface area contributed by atoms with Gasteiger partial charge in [0, 0.05) is 28.8 Å². The molecule has 2 aromatic heterocycles. The monoisotopic (exact) mass is 311 g/mol. The lowest BCUT2D eigenvalue weighted by Crippen LogP contribution is -1.98.